The minimum Gasteiger partial charge on any atom is -0.297 e. The fourth-order valence-electron chi connectivity index (χ4n) is 2.08. The molecule has 0 bridgehead atoms. The lowest BCUT2D eigenvalue weighted by Gasteiger charge is -2.35. The van der Waals surface area contributed by atoms with E-state index in [4.69, 9.17) is 0 Å². The van der Waals surface area contributed by atoms with Crippen LogP contribution in [0, 0.1) is 0 Å². The lowest BCUT2D eigenvalue weighted by atomic mass is 9.86. The third-order valence-electron chi connectivity index (χ3n) is 3.57. The summed E-state index contributed by atoms with van der Waals surface area (Å²) in [5.41, 5.74) is 0.396. The summed E-state index contributed by atoms with van der Waals surface area (Å²) in [7, 11) is 3.95. The standard InChI is InChI=1S/C15H23NOS/c1-6-11-15(2,16(3)4)14(17)12-7-9-13(18-5)10-8-12/h7-10H,6,11H2,1-5H3. The summed E-state index contributed by atoms with van der Waals surface area (Å²) in [5, 5.41) is 0. The molecule has 1 aromatic carbocycles. The first kappa shape index (κ1) is 15.3. The highest BCUT2D eigenvalue weighted by Crippen LogP contribution is 2.25. The van der Waals surface area contributed by atoms with Crippen LogP contribution in [0.3, 0.4) is 0 Å². The summed E-state index contributed by atoms with van der Waals surface area (Å²) >= 11 is 1.69. The number of carbonyl (C=O) groups excluding carboxylic acids is 1. The van der Waals surface area contributed by atoms with Crippen molar-refractivity contribution in [3.05, 3.63) is 29.8 Å². The summed E-state index contributed by atoms with van der Waals surface area (Å²) in [4.78, 5) is 15.9. The van der Waals surface area contributed by atoms with Crippen molar-refractivity contribution < 1.29 is 4.79 Å². The van der Waals surface area contributed by atoms with Gasteiger partial charge in [0.2, 0.25) is 0 Å². The second kappa shape index (κ2) is 6.39. The minimum absolute atomic E-state index is 0.210. The Morgan fingerprint density at radius 3 is 2.22 bits per heavy atom. The first-order valence-corrected chi connectivity index (χ1v) is 7.54. The van der Waals surface area contributed by atoms with Gasteiger partial charge in [-0.15, -0.1) is 11.8 Å². The van der Waals surface area contributed by atoms with Crippen molar-refractivity contribution in [3.63, 3.8) is 0 Å². The molecule has 18 heavy (non-hydrogen) atoms. The maximum absolute atomic E-state index is 12.6. The van der Waals surface area contributed by atoms with Gasteiger partial charge < -0.3 is 0 Å². The van der Waals surface area contributed by atoms with Crippen molar-refractivity contribution in [2.45, 2.75) is 37.1 Å². The number of rotatable bonds is 6. The zero-order valence-corrected chi connectivity index (χ0v) is 12.8. The van der Waals surface area contributed by atoms with Crippen molar-refractivity contribution in [2.75, 3.05) is 20.4 Å². The second-order valence-corrected chi connectivity index (χ2v) is 5.86. The van der Waals surface area contributed by atoms with Gasteiger partial charge in [0.25, 0.3) is 0 Å². The molecule has 3 heteroatoms. The summed E-state index contributed by atoms with van der Waals surface area (Å²) < 4.78 is 0. The zero-order valence-electron chi connectivity index (χ0n) is 12.0. The molecule has 1 rings (SSSR count). The molecule has 0 spiro atoms. The fourth-order valence-corrected chi connectivity index (χ4v) is 2.49. The largest absolute Gasteiger partial charge is 0.297 e. The Kier molecular flexibility index (Phi) is 5.42. The van der Waals surface area contributed by atoms with Crippen LogP contribution >= 0.6 is 11.8 Å². The van der Waals surface area contributed by atoms with Gasteiger partial charge in [0.15, 0.2) is 5.78 Å². The number of ketones is 1. The molecule has 0 N–H and O–H groups in total. The number of benzene rings is 1. The van der Waals surface area contributed by atoms with Gasteiger partial charge in [0.1, 0.15) is 0 Å². The number of carbonyl (C=O) groups is 1. The Bertz CT molecular complexity index is 399. The van der Waals surface area contributed by atoms with Crippen LogP contribution in [0.1, 0.15) is 37.0 Å². The van der Waals surface area contributed by atoms with E-state index in [0.717, 1.165) is 18.4 Å². The van der Waals surface area contributed by atoms with Crippen LogP contribution in [0.4, 0.5) is 0 Å². The Morgan fingerprint density at radius 2 is 1.83 bits per heavy atom. The molecule has 0 saturated carbocycles. The van der Waals surface area contributed by atoms with Crippen LogP contribution < -0.4 is 0 Å². The molecule has 100 valence electrons. The first-order chi connectivity index (χ1) is 8.45. The van der Waals surface area contributed by atoms with Gasteiger partial charge in [0, 0.05) is 10.5 Å². The quantitative estimate of drug-likeness (QED) is 0.577. The van der Waals surface area contributed by atoms with Crippen LogP contribution in [0.2, 0.25) is 0 Å². The molecule has 0 aliphatic carbocycles. The Balaban J connectivity index is 3.02. The number of Topliss-reactive ketones (excluding diaryl/α,β-unsaturated/α-hetero) is 1. The van der Waals surface area contributed by atoms with E-state index in [1.807, 2.05) is 56.4 Å². The summed E-state index contributed by atoms with van der Waals surface area (Å²) in [5.74, 6) is 0.210. The molecular formula is C15H23NOS. The van der Waals surface area contributed by atoms with E-state index in [9.17, 15) is 4.79 Å². The van der Waals surface area contributed by atoms with Crippen molar-refractivity contribution in [2.24, 2.45) is 0 Å². The molecular weight excluding hydrogens is 242 g/mol. The van der Waals surface area contributed by atoms with Gasteiger partial charge in [-0.3, -0.25) is 9.69 Å². The van der Waals surface area contributed by atoms with Crippen LogP contribution in [-0.4, -0.2) is 36.6 Å². The third-order valence-corrected chi connectivity index (χ3v) is 4.31. The van der Waals surface area contributed by atoms with E-state index in [1.165, 1.54) is 4.90 Å². The van der Waals surface area contributed by atoms with Gasteiger partial charge in [0.05, 0.1) is 5.54 Å². The Labute approximate surface area is 115 Å². The number of nitrogens with zero attached hydrogens (tertiary/aromatic N) is 1. The highest BCUT2D eigenvalue weighted by molar-refractivity contribution is 7.98. The van der Waals surface area contributed by atoms with Crippen LogP contribution in [0.25, 0.3) is 0 Å². The molecule has 0 aromatic heterocycles. The number of likely N-dealkylation sites (N-methyl/N-ethyl adjacent to an activating group) is 1. The van der Waals surface area contributed by atoms with E-state index >= 15 is 0 Å². The predicted molar refractivity (Wildman–Crippen MR) is 79.6 cm³/mol. The lowest BCUT2D eigenvalue weighted by molar-refractivity contribution is 0.0697. The molecule has 0 heterocycles. The highest BCUT2D eigenvalue weighted by atomic mass is 32.2. The average Bonchev–Trinajstić information content (AvgIpc) is 2.38. The van der Waals surface area contributed by atoms with Crippen LogP contribution in [0.5, 0.6) is 0 Å². The summed E-state index contributed by atoms with van der Waals surface area (Å²) in [6.45, 7) is 4.15. The SMILES string of the molecule is CCCC(C)(C(=O)c1ccc(SC)cc1)N(C)C. The van der Waals surface area contributed by atoms with Crippen molar-refractivity contribution in [3.8, 4) is 0 Å². The molecule has 0 aliphatic heterocycles. The molecule has 0 fully saturated rings. The van der Waals surface area contributed by atoms with Crippen molar-refractivity contribution in [1.82, 2.24) is 4.90 Å². The van der Waals surface area contributed by atoms with Crippen LogP contribution in [-0.2, 0) is 0 Å². The third kappa shape index (κ3) is 3.15. The smallest absolute Gasteiger partial charge is 0.182 e. The number of hydrogen-bond acceptors (Lipinski definition) is 3. The van der Waals surface area contributed by atoms with Gasteiger partial charge in [-0.1, -0.05) is 25.5 Å². The van der Waals surface area contributed by atoms with E-state index in [2.05, 4.69) is 6.92 Å². The molecule has 0 saturated heterocycles. The normalized spacial score (nSPS) is 14.6. The maximum Gasteiger partial charge on any atom is 0.182 e. The fraction of sp³-hybridized carbons (Fsp3) is 0.533. The average molecular weight is 265 g/mol. The molecule has 1 unspecified atom stereocenters. The number of hydrogen-bond donors (Lipinski definition) is 0. The van der Waals surface area contributed by atoms with E-state index < -0.39 is 5.54 Å². The van der Waals surface area contributed by atoms with Gasteiger partial charge in [-0.05, 0) is 45.8 Å². The molecule has 0 amide bonds. The molecule has 2 nitrogen and oxygen atoms in total. The molecule has 1 aromatic rings. The number of thioether (sulfide) groups is 1. The predicted octanol–water partition coefficient (Wildman–Crippen LogP) is 3.71. The molecule has 0 radical (unpaired) electrons. The highest BCUT2D eigenvalue weighted by Gasteiger charge is 2.34. The topological polar surface area (TPSA) is 20.3 Å². The van der Waals surface area contributed by atoms with E-state index in [0.29, 0.717) is 0 Å². The van der Waals surface area contributed by atoms with Crippen molar-refractivity contribution in [1.29, 1.82) is 0 Å². The van der Waals surface area contributed by atoms with Gasteiger partial charge >= 0.3 is 0 Å². The van der Waals surface area contributed by atoms with Crippen molar-refractivity contribution >= 4 is 17.5 Å². The summed E-state index contributed by atoms with van der Waals surface area (Å²) in [6, 6.07) is 7.90. The Morgan fingerprint density at radius 1 is 1.28 bits per heavy atom. The first-order valence-electron chi connectivity index (χ1n) is 6.32. The maximum atomic E-state index is 12.6. The summed E-state index contributed by atoms with van der Waals surface area (Å²) in [6.07, 6.45) is 3.92. The van der Waals surface area contributed by atoms with Crippen LogP contribution in [0.15, 0.2) is 29.2 Å². The second-order valence-electron chi connectivity index (χ2n) is 4.98. The van der Waals surface area contributed by atoms with Gasteiger partial charge in [-0.2, -0.15) is 0 Å². The minimum atomic E-state index is -0.407. The monoisotopic (exact) mass is 265 g/mol. The molecule has 1 atom stereocenters. The lowest BCUT2D eigenvalue weighted by Crippen LogP contribution is -2.48. The van der Waals surface area contributed by atoms with E-state index in [1.54, 1.807) is 11.8 Å². The van der Waals surface area contributed by atoms with Gasteiger partial charge in [-0.25, -0.2) is 0 Å². The molecule has 0 aliphatic rings. The zero-order chi connectivity index (χ0) is 13.8. The Hall–Kier alpha value is -0.800. The van der Waals surface area contributed by atoms with E-state index in [-0.39, 0.29) is 5.78 Å².